The Balaban J connectivity index is 1.45. The van der Waals surface area contributed by atoms with Crippen molar-refractivity contribution in [2.24, 2.45) is 0 Å². The minimum atomic E-state index is -0.128. The second kappa shape index (κ2) is 7.87. The fourth-order valence-corrected chi connectivity index (χ4v) is 2.86. The molecule has 0 atom stereocenters. The number of nitrogens with one attached hydrogen (secondary N) is 1. The van der Waals surface area contributed by atoms with Gasteiger partial charge in [0.2, 0.25) is 5.91 Å². The quantitative estimate of drug-likeness (QED) is 0.561. The highest BCUT2D eigenvalue weighted by atomic mass is 16.3. The Morgan fingerprint density at radius 2 is 1.96 bits per heavy atom. The number of aromatic nitrogens is 4. The third kappa shape index (κ3) is 4.15. The molecule has 0 aliphatic heterocycles. The molecule has 7 nitrogen and oxygen atoms in total. The predicted octanol–water partition coefficient (Wildman–Crippen LogP) is 3.22. The van der Waals surface area contributed by atoms with Gasteiger partial charge in [-0.1, -0.05) is 18.2 Å². The van der Waals surface area contributed by atoms with Gasteiger partial charge in [0.1, 0.15) is 18.1 Å². The second-order valence-electron chi connectivity index (χ2n) is 6.32. The summed E-state index contributed by atoms with van der Waals surface area (Å²) in [6.45, 7) is 2.37. The van der Waals surface area contributed by atoms with Crippen LogP contribution in [0.5, 0.6) is 0 Å². The van der Waals surface area contributed by atoms with E-state index in [1.165, 1.54) is 0 Å². The minimum absolute atomic E-state index is 0.128. The SMILES string of the molecule is Cc1nccc(-c2cccc(-c3ccn(CC(=O)NCc4ccco4)n3)c2)n1. The Morgan fingerprint density at radius 3 is 2.75 bits per heavy atom. The molecule has 0 spiro atoms. The summed E-state index contributed by atoms with van der Waals surface area (Å²) in [7, 11) is 0. The van der Waals surface area contributed by atoms with Crippen molar-refractivity contribution in [2.75, 3.05) is 0 Å². The van der Waals surface area contributed by atoms with Crippen LogP contribution >= 0.6 is 0 Å². The largest absolute Gasteiger partial charge is 0.467 e. The highest BCUT2D eigenvalue weighted by Gasteiger charge is 2.09. The standard InChI is InChI=1S/C21H19N5O2/c1-15-22-9-7-19(24-15)16-4-2-5-17(12-16)20-8-10-26(25-20)14-21(27)23-13-18-6-3-11-28-18/h2-12H,13-14H2,1H3,(H,23,27). The molecule has 28 heavy (non-hydrogen) atoms. The van der Waals surface area contributed by atoms with Gasteiger partial charge in [-0.15, -0.1) is 0 Å². The summed E-state index contributed by atoms with van der Waals surface area (Å²) in [5, 5.41) is 7.33. The minimum Gasteiger partial charge on any atom is -0.467 e. The molecule has 0 fully saturated rings. The normalized spacial score (nSPS) is 10.8. The van der Waals surface area contributed by atoms with Crippen LogP contribution in [-0.4, -0.2) is 25.7 Å². The number of hydrogen-bond donors (Lipinski definition) is 1. The number of furan rings is 1. The van der Waals surface area contributed by atoms with Gasteiger partial charge >= 0.3 is 0 Å². The van der Waals surface area contributed by atoms with Crippen molar-refractivity contribution in [3.05, 3.63) is 78.8 Å². The number of amides is 1. The van der Waals surface area contributed by atoms with Crippen molar-refractivity contribution in [2.45, 2.75) is 20.0 Å². The highest BCUT2D eigenvalue weighted by molar-refractivity contribution is 5.75. The van der Waals surface area contributed by atoms with Crippen molar-refractivity contribution in [1.82, 2.24) is 25.1 Å². The molecule has 140 valence electrons. The van der Waals surface area contributed by atoms with Crippen molar-refractivity contribution >= 4 is 5.91 Å². The van der Waals surface area contributed by atoms with Gasteiger partial charge in [0.15, 0.2) is 0 Å². The van der Waals surface area contributed by atoms with Crippen LogP contribution in [0.1, 0.15) is 11.6 Å². The molecule has 0 unspecified atom stereocenters. The predicted molar refractivity (Wildman–Crippen MR) is 104 cm³/mol. The zero-order valence-electron chi connectivity index (χ0n) is 15.4. The van der Waals surface area contributed by atoms with Gasteiger partial charge in [-0.3, -0.25) is 9.48 Å². The van der Waals surface area contributed by atoms with Gasteiger partial charge in [0, 0.05) is 23.5 Å². The van der Waals surface area contributed by atoms with E-state index >= 15 is 0 Å². The van der Waals surface area contributed by atoms with E-state index in [-0.39, 0.29) is 12.5 Å². The first-order valence-electron chi connectivity index (χ1n) is 8.90. The van der Waals surface area contributed by atoms with Crippen LogP contribution in [0.25, 0.3) is 22.5 Å². The lowest BCUT2D eigenvalue weighted by molar-refractivity contribution is -0.122. The van der Waals surface area contributed by atoms with Gasteiger partial charge < -0.3 is 9.73 Å². The zero-order chi connectivity index (χ0) is 19.3. The summed E-state index contributed by atoms with van der Waals surface area (Å²) >= 11 is 0. The summed E-state index contributed by atoms with van der Waals surface area (Å²) in [4.78, 5) is 20.7. The maximum atomic E-state index is 12.1. The molecule has 0 aliphatic rings. The number of carbonyl (C=O) groups excluding carboxylic acids is 1. The van der Waals surface area contributed by atoms with Gasteiger partial charge in [0.05, 0.1) is 24.2 Å². The van der Waals surface area contributed by atoms with E-state index in [0.29, 0.717) is 12.3 Å². The van der Waals surface area contributed by atoms with E-state index in [1.807, 2.05) is 49.4 Å². The molecule has 4 rings (SSSR count). The number of benzene rings is 1. The number of rotatable bonds is 6. The Hall–Kier alpha value is -3.74. The van der Waals surface area contributed by atoms with E-state index in [1.54, 1.807) is 29.4 Å². The zero-order valence-corrected chi connectivity index (χ0v) is 15.4. The first kappa shape index (κ1) is 17.7. The van der Waals surface area contributed by atoms with E-state index < -0.39 is 0 Å². The second-order valence-corrected chi connectivity index (χ2v) is 6.32. The Labute approximate surface area is 162 Å². The van der Waals surface area contributed by atoms with E-state index in [4.69, 9.17) is 4.42 Å². The van der Waals surface area contributed by atoms with E-state index in [2.05, 4.69) is 20.4 Å². The Bertz CT molecular complexity index is 1090. The smallest absolute Gasteiger partial charge is 0.242 e. The first-order chi connectivity index (χ1) is 13.7. The average Bonchev–Trinajstić information content (AvgIpc) is 3.39. The van der Waals surface area contributed by atoms with Crippen LogP contribution in [0.2, 0.25) is 0 Å². The van der Waals surface area contributed by atoms with E-state index in [0.717, 1.165) is 28.3 Å². The molecule has 1 amide bonds. The molecule has 0 saturated heterocycles. The molecular formula is C21H19N5O2. The fraction of sp³-hybridized carbons (Fsp3) is 0.143. The van der Waals surface area contributed by atoms with Crippen molar-refractivity contribution < 1.29 is 9.21 Å². The number of carbonyl (C=O) groups is 1. The fourth-order valence-electron chi connectivity index (χ4n) is 2.86. The van der Waals surface area contributed by atoms with Crippen LogP contribution in [0.3, 0.4) is 0 Å². The third-order valence-corrected chi connectivity index (χ3v) is 4.22. The lowest BCUT2D eigenvalue weighted by atomic mass is 10.1. The molecule has 0 radical (unpaired) electrons. The van der Waals surface area contributed by atoms with Crippen LogP contribution in [0.15, 0.2) is 71.6 Å². The Morgan fingerprint density at radius 1 is 1.11 bits per heavy atom. The molecule has 1 N–H and O–H groups in total. The van der Waals surface area contributed by atoms with Crippen LogP contribution in [0.4, 0.5) is 0 Å². The molecule has 1 aromatic carbocycles. The van der Waals surface area contributed by atoms with Gasteiger partial charge in [0.25, 0.3) is 0 Å². The molecule has 3 heterocycles. The highest BCUT2D eigenvalue weighted by Crippen LogP contribution is 2.24. The molecular weight excluding hydrogens is 354 g/mol. The van der Waals surface area contributed by atoms with Crippen molar-refractivity contribution in [3.63, 3.8) is 0 Å². The molecule has 3 aromatic heterocycles. The Kier molecular flexibility index (Phi) is 4.97. The summed E-state index contributed by atoms with van der Waals surface area (Å²) in [5.74, 6) is 1.32. The summed E-state index contributed by atoms with van der Waals surface area (Å²) in [6.07, 6.45) is 5.13. The monoisotopic (exact) mass is 373 g/mol. The lowest BCUT2D eigenvalue weighted by Crippen LogP contribution is -2.27. The molecule has 0 bridgehead atoms. The van der Waals surface area contributed by atoms with Crippen LogP contribution in [-0.2, 0) is 17.9 Å². The maximum absolute atomic E-state index is 12.1. The molecule has 7 heteroatoms. The number of hydrogen-bond acceptors (Lipinski definition) is 5. The van der Waals surface area contributed by atoms with Crippen molar-refractivity contribution in [3.8, 4) is 22.5 Å². The maximum Gasteiger partial charge on any atom is 0.242 e. The third-order valence-electron chi connectivity index (χ3n) is 4.22. The summed E-state index contributed by atoms with van der Waals surface area (Å²) < 4.78 is 6.82. The summed E-state index contributed by atoms with van der Waals surface area (Å²) in [6, 6.07) is 15.4. The van der Waals surface area contributed by atoms with Gasteiger partial charge in [-0.05, 0) is 37.3 Å². The summed E-state index contributed by atoms with van der Waals surface area (Å²) in [5.41, 5.74) is 3.62. The molecule has 4 aromatic rings. The number of nitrogens with zero attached hydrogens (tertiary/aromatic N) is 4. The average molecular weight is 373 g/mol. The van der Waals surface area contributed by atoms with Gasteiger partial charge in [-0.25, -0.2) is 9.97 Å². The number of aryl methyl sites for hydroxylation is 1. The van der Waals surface area contributed by atoms with Crippen LogP contribution in [0, 0.1) is 6.92 Å². The van der Waals surface area contributed by atoms with E-state index in [9.17, 15) is 4.79 Å². The van der Waals surface area contributed by atoms with Crippen molar-refractivity contribution in [1.29, 1.82) is 0 Å². The van der Waals surface area contributed by atoms with Gasteiger partial charge in [-0.2, -0.15) is 5.10 Å². The molecule has 0 aliphatic carbocycles. The first-order valence-corrected chi connectivity index (χ1v) is 8.90. The molecule has 0 saturated carbocycles. The lowest BCUT2D eigenvalue weighted by Gasteiger charge is -2.05. The van der Waals surface area contributed by atoms with Crippen LogP contribution < -0.4 is 5.32 Å². The topological polar surface area (TPSA) is 85.8 Å².